The largest absolute Gasteiger partial charge is 0.494 e. The van der Waals surface area contributed by atoms with Crippen molar-refractivity contribution in [2.45, 2.75) is 38.6 Å². The Morgan fingerprint density at radius 2 is 2.18 bits per heavy atom. The van der Waals surface area contributed by atoms with Gasteiger partial charge in [-0.3, -0.25) is 4.79 Å². The van der Waals surface area contributed by atoms with Crippen LogP contribution in [0.5, 0.6) is 5.75 Å². The van der Waals surface area contributed by atoms with Crippen LogP contribution in [0, 0.1) is 0 Å². The molecular weight excluding hydrogens is 300 g/mol. The fourth-order valence-electron chi connectivity index (χ4n) is 2.70. The van der Waals surface area contributed by atoms with Crippen molar-refractivity contribution >= 4 is 18.3 Å². The van der Waals surface area contributed by atoms with Gasteiger partial charge in [-0.25, -0.2) is 0 Å². The number of carbonyl (C=O) groups is 1. The molecule has 1 aromatic carbocycles. The highest BCUT2D eigenvalue weighted by molar-refractivity contribution is 5.94. The Morgan fingerprint density at radius 3 is 2.95 bits per heavy atom. The van der Waals surface area contributed by atoms with Crippen LogP contribution in [0.4, 0.5) is 0 Å². The van der Waals surface area contributed by atoms with Gasteiger partial charge in [-0.05, 0) is 57.0 Å². The lowest BCUT2D eigenvalue weighted by Gasteiger charge is -2.27. The number of halogens is 1. The van der Waals surface area contributed by atoms with Crippen LogP contribution < -0.4 is 10.1 Å². The van der Waals surface area contributed by atoms with Gasteiger partial charge >= 0.3 is 0 Å². The molecule has 124 valence electrons. The van der Waals surface area contributed by atoms with Crippen LogP contribution in [0.25, 0.3) is 0 Å². The Kier molecular flexibility index (Phi) is 8.28. The number of hydrogen-bond donors (Lipinski definition) is 1. The van der Waals surface area contributed by atoms with Crippen molar-refractivity contribution in [3.05, 3.63) is 29.8 Å². The van der Waals surface area contributed by atoms with E-state index in [1.807, 2.05) is 36.2 Å². The Bertz CT molecular complexity index is 460. The third-order valence-corrected chi connectivity index (χ3v) is 3.97. The summed E-state index contributed by atoms with van der Waals surface area (Å²) in [5.74, 6) is 0.863. The third-order valence-electron chi connectivity index (χ3n) is 3.97. The molecule has 0 aliphatic carbocycles. The molecule has 22 heavy (non-hydrogen) atoms. The van der Waals surface area contributed by atoms with Crippen molar-refractivity contribution in [2.75, 3.05) is 26.7 Å². The number of hydrogen-bond acceptors (Lipinski definition) is 3. The van der Waals surface area contributed by atoms with Gasteiger partial charge in [-0.15, -0.1) is 12.4 Å². The smallest absolute Gasteiger partial charge is 0.253 e. The minimum Gasteiger partial charge on any atom is -0.494 e. The first-order valence-corrected chi connectivity index (χ1v) is 7.93. The van der Waals surface area contributed by atoms with E-state index in [0.29, 0.717) is 18.2 Å². The van der Waals surface area contributed by atoms with Crippen molar-refractivity contribution in [1.29, 1.82) is 0 Å². The first-order chi connectivity index (χ1) is 10.2. The molecule has 1 aliphatic heterocycles. The lowest BCUT2D eigenvalue weighted by atomic mass is 10.1. The van der Waals surface area contributed by atoms with Gasteiger partial charge < -0.3 is 15.0 Å². The summed E-state index contributed by atoms with van der Waals surface area (Å²) in [5.41, 5.74) is 0.711. The van der Waals surface area contributed by atoms with E-state index in [9.17, 15) is 4.79 Å². The SMILES string of the molecule is CCCOc1cccc(C(=O)N(C)C2CCCNCC2)c1.Cl. The first-order valence-electron chi connectivity index (χ1n) is 7.93. The van der Waals surface area contributed by atoms with E-state index in [0.717, 1.165) is 44.5 Å². The molecule has 1 N–H and O–H groups in total. The van der Waals surface area contributed by atoms with E-state index in [4.69, 9.17) is 4.74 Å². The average Bonchev–Trinajstić information content (AvgIpc) is 2.81. The van der Waals surface area contributed by atoms with Gasteiger partial charge in [0.05, 0.1) is 6.61 Å². The molecule has 1 saturated heterocycles. The summed E-state index contributed by atoms with van der Waals surface area (Å²) in [4.78, 5) is 14.5. The molecule has 0 saturated carbocycles. The summed E-state index contributed by atoms with van der Waals surface area (Å²) in [6, 6.07) is 7.84. The number of benzene rings is 1. The summed E-state index contributed by atoms with van der Waals surface area (Å²) in [6.07, 6.45) is 4.19. The van der Waals surface area contributed by atoms with Gasteiger partial charge in [0.1, 0.15) is 5.75 Å². The number of rotatable bonds is 5. The van der Waals surface area contributed by atoms with E-state index in [2.05, 4.69) is 12.2 Å². The van der Waals surface area contributed by atoms with Crippen LogP contribution in [0.2, 0.25) is 0 Å². The summed E-state index contributed by atoms with van der Waals surface area (Å²) in [5, 5.41) is 3.39. The summed E-state index contributed by atoms with van der Waals surface area (Å²) in [6.45, 7) is 4.80. The molecule has 0 spiro atoms. The minimum absolute atomic E-state index is 0. The fraction of sp³-hybridized carbons (Fsp3) is 0.588. The Hall–Kier alpha value is -1.26. The topological polar surface area (TPSA) is 41.6 Å². The maximum absolute atomic E-state index is 12.6. The summed E-state index contributed by atoms with van der Waals surface area (Å²) in [7, 11) is 1.91. The maximum Gasteiger partial charge on any atom is 0.253 e. The number of nitrogens with one attached hydrogen (secondary N) is 1. The zero-order chi connectivity index (χ0) is 15.1. The zero-order valence-electron chi connectivity index (χ0n) is 13.5. The molecule has 1 heterocycles. The van der Waals surface area contributed by atoms with Crippen molar-refractivity contribution in [3.8, 4) is 5.75 Å². The van der Waals surface area contributed by atoms with Gasteiger partial charge in [0, 0.05) is 18.7 Å². The highest BCUT2D eigenvalue weighted by atomic mass is 35.5. The van der Waals surface area contributed by atoms with Crippen LogP contribution >= 0.6 is 12.4 Å². The van der Waals surface area contributed by atoms with Crippen LogP contribution in [0.3, 0.4) is 0 Å². The number of nitrogens with zero attached hydrogens (tertiary/aromatic N) is 1. The minimum atomic E-state index is 0. The van der Waals surface area contributed by atoms with Gasteiger partial charge in [0.2, 0.25) is 0 Å². The lowest BCUT2D eigenvalue weighted by molar-refractivity contribution is 0.0720. The fourth-order valence-corrected chi connectivity index (χ4v) is 2.70. The predicted octanol–water partition coefficient (Wildman–Crippen LogP) is 3.11. The average molecular weight is 327 g/mol. The molecule has 2 rings (SSSR count). The van der Waals surface area contributed by atoms with Gasteiger partial charge in [-0.2, -0.15) is 0 Å². The van der Waals surface area contributed by atoms with Crippen molar-refractivity contribution in [1.82, 2.24) is 10.2 Å². The normalized spacial score (nSPS) is 18.0. The van der Waals surface area contributed by atoms with Crippen molar-refractivity contribution in [2.24, 2.45) is 0 Å². The molecular formula is C17H27ClN2O2. The molecule has 0 bridgehead atoms. The molecule has 1 aromatic rings. The van der Waals surface area contributed by atoms with E-state index in [-0.39, 0.29) is 18.3 Å². The second-order valence-corrected chi connectivity index (χ2v) is 5.63. The van der Waals surface area contributed by atoms with E-state index in [1.165, 1.54) is 0 Å². The zero-order valence-corrected chi connectivity index (χ0v) is 14.3. The first kappa shape index (κ1) is 18.8. The predicted molar refractivity (Wildman–Crippen MR) is 92.1 cm³/mol. The quantitative estimate of drug-likeness (QED) is 0.904. The Labute approximate surface area is 139 Å². The molecule has 1 atom stereocenters. The van der Waals surface area contributed by atoms with Crippen LogP contribution in [-0.4, -0.2) is 43.6 Å². The van der Waals surface area contributed by atoms with Gasteiger partial charge in [0.25, 0.3) is 5.91 Å². The van der Waals surface area contributed by atoms with E-state index < -0.39 is 0 Å². The van der Waals surface area contributed by atoms with Crippen LogP contribution in [-0.2, 0) is 0 Å². The summed E-state index contributed by atoms with van der Waals surface area (Å²) < 4.78 is 5.61. The highest BCUT2D eigenvalue weighted by Gasteiger charge is 2.22. The monoisotopic (exact) mass is 326 g/mol. The number of amides is 1. The molecule has 1 fully saturated rings. The van der Waals surface area contributed by atoms with Crippen molar-refractivity contribution < 1.29 is 9.53 Å². The second-order valence-electron chi connectivity index (χ2n) is 5.63. The second kappa shape index (κ2) is 9.70. The number of carbonyl (C=O) groups excluding carboxylic acids is 1. The molecule has 1 amide bonds. The molecule has 4 nitrogen and oxygen atoms in total. The molecule has 1 unspecified atom stereocenters. The Morgan fingerprint density at radius 1 is 1.36 bits per heavy atom. The Balaban J connectivity index is 0.00000242. The molecule has 5 heteroatoms. The molecule has 0 aromatic heterocycles. The van der Waals surface area contributed by atoms with Crippen LogP contribution in [0.1, 0.15) is 43.0 Å². The molecule has 0 radical (unpaired) electrons. The number of ether oxygens (including phenoxy) is 1. The van der Waals surface area contributed by atoms with Gasteiger partial charge in [0.15, 0.2) is 0 Å². The van der Waals surface area contributed by atoms with Crippen molar-refractivity contribution in [3.63, 3.8) is 0 Å². The van der Waals surface area contributed by atoms with E-state index in [1.54, 1.807) is 0 Å². The molecule has 1 aliphatic rings. The van der Waals surface area contributed by atoms with E-state index >= 15 is 0 Å². The highest BCUT2D eigenvalue weighted by Crippen LogP contribution is 2.18. The third kappa shape index (κ3) is 5.18. The lowest BCUT2D eigenvalue weighted by Crippen LogP contribution is -2.37. The van der Waals surface area contributed by atoms with Gasteiger partial charge in [-0.1, -0.05) is 13.0 Å². The standard InChI is InChI=1S/C17H26N2O2.ClH/c1-3-12-21-16-8-4-6-14(13-16)17(20)19(2)15-7-5-10-18-11-9-15;/h4,6,8,13,15,18H,3,5,7,9-12H2,1-2H3;1H. The maximum atomic E-state index is 12.6. The van der Waals surface area contributed by atoms with Crippen LogP contribution in [0.15, 0.2) is 24.3 Å². The summed E-state index contributed by atoms with van der Waals surface area (Å²) >= 11 is 0.